The molecule has 0 saturated heterocycles. The molecule has 7 nitrogen and oxygen atoms in total. The van der Waals surface area contributed by atoms with Gasteiger partial charge in [0.15, 0.2) is 5.65 Å². The maximum Gasteiger partial charge on any atom is 0.332 e. The average Bonchev–Trinajstić information content (AvgIpc) is 2.66. The fourth-order valence-electron chi connectivity index (χ4n) is 3.33. The van der Waals surface area contributed by atoms with E-state index < -0.39 is 5.69 Å². The van der Waals surface area contributed by atoms with Gasteiger partial charge in [-0.3, -0.25) is 18.9 Å². The number of aromatic nitrogens is 4. The molecule has 0 unspecified atom stereocenters. The zero-order chi connectivity index (χ0) is 19.3. The fourth-order valence-corrected chi connectivity index (χ4v) is 3.33. The Morgan fingerprint density at radius 3 is 2.56 bits per heavy atom. The van der Waals surface area contributed by atoms with Crippen LogP contribution in [-0.2, 0) is 14.1 Å². The lowest BCUT2D eigenvalue weighted by Crippen LogP contribution is -2.37. The molecule has 3 heterocycles. The van der Waals surface area contributed by atoms with E-state index in [0.29, 0.717) is 16.7 Å². The summed E-state index contributed by atoms with van der Waals surface area (Å²) in [6.07, 6.45) is 1.67. The highest BCUT2D eigenvalue weighted by Crippen LogP contribution is 2.30. The zero-order valence-corrected chi connectivity index (χ0v) is 15.6. The number of hydrogen-bond donors (Lipinski definition) is 1. The van der Waals surface area contributed by atoms with Crippen LogP contribution >= 0.6 is 0 Å². The highest BCUT2D eigenvalue weighted by Gasteiger charge is 2.16. The minimum atomic E-state index is -0.403. The first-order valence-corrected chi connectivity index (χ1v) is 8.57. The number of benzene rings is 1. The van der Waals surface area contributed by atoms with Crippen LogP contribution in [0, 0.1) is 13.8 Å². The molecule has 0 aliphatic heterocycles. The van der Waals surface area contributed by atoms with Crippen LogP contribution in [0.2, 0.25) is 0 Å². The molecule has 1 aromatic carbocycles. The molecule has 7 heteroatoms. The lowest BCUT2D eigenvalue weighted by atomic mass is 10.1. The summed E-state index contributed by atoms with van der Waals surface area (Å²) in [6.45, 7) is 3.81. The third kappa shape index (κ3) is 2.59. The van der Waals surface area contributed by atoms with E-state index in [1.54, 1.807) is 13.2 Å². The summed E-state index contributed by atoms with van der Waals surface area (Å²) in [5.74, 6) is 0. The molecule has 0 spiro atoms. The first kappa shape index (κ1) is 17.0. The van der Waals surface area contributed by atoms with Crippen molar-refractivity contribution in [2.45, 2.75) is 13.8 Å². The van der Waals surface area contributed by atoms with Gasteiger partial charge in [0, 0.05) is 37.1 Å². The van der Waals surface area contributed by atoms with Crippen LogP contribution in [0.3, 0.4) is 0 Å². The molecular formula is C20H19N5O2. The maximum atomic E-state index is 12.9. The van der Waals surface area contributed by atoms with Crippen molar-refractivity contribution in [2.75, 3.05) is 5.32 Å². The van der Waals surface area contributed by atoms with Crippen LogP contribution in [0.25, 0.3) is 21.9 Å². The summed E-state index contributed by atoms with van der Waals surface area (Å²) < 4.78 is 2.49. The second kappa shape index (κ2) is 6.05. The van der Waals surface area contributed by atoms with Crippen LogP contribution in [0.5, 0.6) is 0 Å². The van der Waals surface area contributed by atoms with Gasteiger partial charge in [-0.05, 0) is 31.5 Å². The zero-order valence-electron chi connectivity index (χ0n) is 15.6. The quantitative estimate of drug-likeness (QED) is 0.593. The second-order valence-corrected chi connectivity index (χ2v) is 6.67. The summed E-state index contributed by atoms with van der Waals surface area (Å²) in [6, 6.07) is 9.77. The molecular weight excluding hydrogens is 342 g/mol. The van der Waals surface area contributed by atoms with Crippen molar-refractivity contribution in [1.29, 1.82) is 0 Å². The van der Waals surface area contributed by atoms with Gasteiger partial charge in [0.1, 0.15) is 5.39 Å². The molecule has 0 amide bonds. The van der Waals surface area contributed by atoms with Crippen LogP contribution in [0.15, 0.2) is 46.1 Å². The molecule has 0 fully saturated rings. The predicted octanol–water partition coefficient (Wildman–Crippen LogP) is 2.54. The number of rotatable bonds is 2. The van der Waals surface area contributed by atoms with Crippen molar-refractivity contribution in [3.8, 4) is 0 Å². The maximum absolute atomic E-state index is 12.9. The van der Waals surface area contributed by atoms with Gasteiger partial charge in [0.25, 0.3) is 5.56 Å². The Bertz CT molecular complexity index is 1330. The minimum absolute atomic E-state index is 0.353. The van der Waals surface area contributed by atoms with Crippen LogP contribution in [0.1, 0.15) is 11.3 Å². The SMILES string of the molecule is Cc1cc(Nc2c(C)cnc3c2c(=O)n(C)c(=O)n3C)c2ccccc2n1. The number of pyridine rings is 2. The van der Waals surface area contributed by atoms with Crippen molar-refractivity contribution in [3.05, 3.63) is 68.6 Å². The van der Waals surface area contributed by atoms with Gasteiger partial charge in [0.05, 0.1) is 11.2 Å². The van der Waals surface area contributed by atoms with E-state index in [1.807, 2.05) is 44.2 Å². The van der Waals surface area contributed by atoms with E-state index in [4.69, 9.17) is 0 Å². The molecule has 0 aliphatic carbocycles. The Hall–Kier alpha value is -3.48. The van der Waals surface area contributed by atoms with E-state index in [1.165, 1.54) is 11.6 Å². The highest BCUT2D eigenvalue weighted by atomic mass is 16.2. The summed E-state index contributed by atoms with van der Waals surface area (Å²) in [7, 11) is 3.09. The lowest BCUT2D eigenvalue weighted by molar-refractivity contribution is 0.707. The van der Waals surface area contributed by atoms with Gasteiger partial charge < -0.3 is 5.32 Å². The first-order chi connectivity index (χ1) is 12.9. The average molecular weight is 361 g/mol. The highest BCUT2D eigenvalue weighted by molar-refractivity contribution is 5.98. The fraction of sp³-hybridized carbons (Fsp3) is 0.200. The summed E-state index contributed by atoms with van der Waals surface area (Å²) in [5.41, 5.74) is 3.63. The molecule has 1 N–H and O–H groups in total. The molecule has 0 radical (unpaired) electrons. The van der Waals surface area contributed by atoms with E-state index in [0.717, 1.165) is 32.4 Å². The van der Waals surface area contributed by atoms with E-state index in [2.05, 4.69) is 15.3 Å². The number of para-hydroxylation sites is 1. The summed E-state index contributed by atoms with van der Waals surface area (Å²) >= 11 is 0. The molecule has 3 aromatic heterocycles. The number of fused-ring (bicyclic) bond motifs is 2. The van der Waals surface area contributed by atoms with Crippen LogP contribution in [0.4, 0.5) is 11.4 Å². The third-order valence-corrected chi connectivity index (χ3v) is 4.76. The lowest BCUT2D eigenvalue weighted by Gasteiger charge is -2.16. The third-order valence-electron chi connectivity index (χ3n) is 4.76. The molecule has 4 rings (SSSR count). The largest absolute Gasteiger partial charge is 0.354 e. The number of aryl methyl sites for hydroxylation is 3. The Balaban J connectivity index is 2.06. The van der Waals surface area contributed by atoms with Gasteiger partial charge in [-0.25, -0.2) is 9.78 Å². The van der Waals surface area contributed by atoms with Gasteiger partial charge in [-0.1, -0.05) is 18.2 Å². The second-order valence-electron chi connectivity index (χ2n) is 6.67. The molecule has 0 bridgehead atoms. The predicted molar refractivity (Wildman–Crippen MR) is 107 cm³/mol. The van der Waals surface area contributed by atoms with E-state index >= 15 is 0 Å². The van der Waals surface area contributed by atoms with Crippen molar-refractivity contribution in [2.24, 2.45) is 14.1 Å². The Labute approximate surface area is 154 Å². The molecule has 136 valence electrons. The number of nitrogens with zero attached hydrogens (tertiary/aromatic N) is 4. The Kier molecular flexibility index (Phi) is 3.80. The van der Waals surface area contributed by atoms with Crippen molar-refractivity contribution >= 4 is 33.3 Å². The van der Waals surface area contributed by atoms with E-state index in [9.17, 15) is 9.59 Å². The Morgan fingerprint density at radius 1 is 1.04 bits per heavy atom. The first-order valence-electron chi connectivity index (χ1n) is 8.57. The van der Waals surface area contributed by atoms with Gasteiger partial charge in [-0.2, -0.15) is 0 Å². The summed E-state index contributed by atoms with van der Waals surface area (Å²) in [4.78, 5) is 34.0. The Morgan fingerprint density at radius 2 is 1.78 bits per heavy atom. The van der Waals surface area contributed by atoms with E-state index in [-0.39, 0.29) is 5.56 Å². The normalized spacial score (nSPS) is 11.3. The van der Waals surface area contributed by atoms with Crippen LogP contribution in [-0.4, -0.2) is 19.1 Å². The molecule has 0 saturated carbocycles. The van der Waals surface area contributed by atoms with Crippen LogP contribution < -0.4 is 16.6 Å². The monoisotopic (exact) mass is 361 g/mol. The molecule has 0 atom stereocenters. The van der Waals surface area contributed by atoms with Gasteiger partial charge in [-0.15, -0.1) is 0 Å². The standard InChI is InChI=1S/C20H19N5O2/c1-11-10-21-18-16(19(26)25(4)20(27)24(18)3)17(11)23-15-9-12(2)22-14-8-6-5-7-13(14)15/h5-10H,1-4H3,(H,21,22,23). The topological polar surface area (TPSA) is 81.8 Å². The molecule has 27 heavy (non-hydrogen) atoms. The molecule has 4 aromatic rings. The van der Waals surface area contributed by atoms with Crippen molar-refractivity contribution < 1.29 is 0 Å². The van der Waals surface area contributed by atoms with Gasteiger partial charge in [0.2, 0.25) is 0 Å². The van der Waals surface area contributed by atoms with Crippen molar-refractivity contribution in [3.63, 3.8) is 0 Å². The van der Waals surface area contributed by atoms with Crippen molar-refractivity contribution in [1.82, 2.24) is 19.1 Å². The summed E-state index contributed by atoms with van der Waals surface area (Å²) in [5, 5.41) is 4.75. The number of hydrogen-bond acceptors (Lipinski definition) is 5. The number of nitrogens with one attached hydrogen (secondary N) is 1. The minimum Gasteiger partial charge on any atom is -0.354 e. The molecule has 0 aliphatic rings. The smallest absolute Gasteiger partial charge is 0.332 e. The number of anilines is 2. The van der Waals surface area contributed by atoms with Gasteiger partial charge >= 0.3 is 5.69 Å².